The molecule has 2 aromatic rings. The summed E-state index contributed by atoms with van der Waals surface area (Å²) in [5, 5.41) is 13.3. The van der Waals surface area contributed by atoms with E-state index in [1.807, 2.05) is 12.1 Å². The summed E-state index contributed by atoms with van der Waals surface area (Å²) in [6.45, 7) is 2.47. The molecule has 2 heterocycles. The van der Waals surface area contributed by atoms with E-state index in [2.05, 4.69) is 16.3 Å². The molecule has 1 amide bonds. The Balaban J connectivity index is 1.35. The molecule has 1 saturated heterocycles. The van der Waals surface area contributed by atoms with Crippen molar-refractivity contribution < 1.29 is 23.1 Å². The topological polar surface area (TPSA) is 52.6 Å². The number of aliphatic hydroxyl groups is 1. The summed E-state index contributed by atoms with van der Waals surface area (Å²) >= 11 is 0. The van der Waals surface area contributed by atoms with Crippen LogP contribution in [0.15, 0.2) is 42.5 Å². The van der Waals surface area contributed by atoms with Crippen molar-refractivity contribution in [2.75, 3.05) is 19.6 Å². The van der Waals surface area contributed by atoms with E-state index in [0.29, 0.717) is 19.0 Å². The summed E-state index contributed by atoms with van der Waals surface area (Å²) in [6.07, 6.45) is -3.49. The highest BCUT2D eigenvalue weighted by Crippen LogP contribution is 2.34. The lowest BCUT2D eigenvalue weighted by Crippen LogP contribution is -2.39. The van der Waals surface area contributed by atoms with E-state index in [1.54, 1.807) is 6.07 Å². The second kappa shape index (κ2) is 8.40. The first kappa shape index (κ1) is 20.9. The lowest BCUT2D eigenvalue weighted by atomic mass is 9.85. The number of nitrogens with one attached hydrogen (secondary N) is 1. The van der Waals surface area contributed by atoms with Gasteiger partial charge in [-0.05, 0) is 60.7 Å². The lowest BCUT2D eigenvalue weighted by Gasteiger charge is -2.34. The van der Waals surface area contributed by atoms with Crippen LogP contribution in [-0.4, -0.2) is 41.7 Å². The van der Waals surface area contributed by atoms with Crippen molar-refractivity contribution in [3.8, 4) is 0 Å². The number of carbonyl (C=O) groups is 1. The third kappa shape index (κ3) is 4.37. The Kier molecular flexibility index (Phi) is 5.84. The summed E-state index contributed by atoms with van der Waals surface area (Å²) in [4.78, 5) is 14.0. The standard InChI is InChI=1S/C23H25F3N2O2/c24-23(25,26)21-7-2-1-4-16(21)12-17(29)14-28-10-8-15(9-11-28)18-5-3-6-19-20(18)13-27-22(19)30/h1-7,15,17,29H,8-14H2,(H,27,30). The molecule has 2 aliphatic heterocycles. The molecular formula is C23H25F3N2O2. The van der Waals surface area contributed by atoms with Crippen LogP contribution in [-0.2, 0) is 19.1 Å². The van der Waals surface area contributed by atoms with Gasteiger partial charge in [0.25, 0.3) is 5.91 Å². The van der Waals surface area contributed by atoms with Gasteiger partial charge < -0.3 is 15.3 Å². The maximum Gasteiger partial charge on any atom is 0.416 e. The average molecular weight is 418 g/mol. The fourth-order valence-electron chi connectivity index (χ4n) is 4.68. The molecule has 2 N–H and O–H groups in total. The van der Waals surface area contributed by atoms with Crippen LogP contribution in [0.1, 0.15) is 51.4 Å². The van der Waals surface area contributed by atoms with E-state index < -0.39 is 17.8 Å². The summed E-state index contributed by atoms with van der Waals surface area (Å²) in [7, 11) is 0. The Morgan fingerprint density at radius 3 is 2.57 bits per heavy atom. The lowest BCUT2D eigenvalue weighted by molar-refractivity contribution is -0.138. The fraction of sp³-hybridized carbons (Fsp3) is 0.435. The zero-order valence-electron chi connectivity index (χ0n) is 16.6. The predicted octanol–water partition coefficient (Wildman–Crippen LogP) is 3.73. The Morgan fingerprint density at radius 2 is 1.83 bits per heavy atom. The number of aliphatic hydroxyl groups excluding tert-OH is 1. The van der Waals surface area contributed by atoms with E-state index in [1.165, 1.54) is 17.7 Å². The molecule has 4 rings (SSSR count). The van der Waals surface area contributed by atoms with Crippen molar-refractivity contribution in [1.82, 2.24) is 10.2 Å². The minimum absolute atomic E-state index is 0.0183. The highest BCUT2D eigenvalue weighted by molar-refractivity contribution is 5.98. The van der Waals surface area contributed by atoms with E-state index in [0.717, 1.165) is 43.1 Å². The van der Waals surface area contributed by atoms with Crippen molar-refractivity contribution in [1.29, 1.82) is 0 Å². The van der Waals surface area contributed by atoms with Crippen LogP contribution in [0.25, 0.3) is 0 Å². The van der Waals surface area contributed by atoms with Crippen LogP contribution in [0.5, 0.6) is 0 Å². The number of likely N-dealkylation sites (tertiary alicyclic amines) is 1. The zero-order chi connectivity index (χ0) is 21.3. The molecule has 30 heavy (non-hydrogen) atoms. The third-order valence-corrected chi connectivity index (χ3v) is 6.16. The first-order valence-electron chi connectivity index (χ1n) is 10.3. The second-order valence-corrected chi connectivity index (χ2v) is 8.14. The SMILES string of the molecule is O=C1NCc2c1cccc2C1CCN(CC(O)Cc2ccccc2C(F)(F)F)CC1. The van der Waals surface area contributed by atoms with Gasteiger partial charge in [0, 0.05) is 25.1 Å². The Morgan fingerprint density at radius 1 is 1.10 bits per heavy atom. The van der Waals surface area contributed by atoms with Crippen LogP contribution in [0.2, 0.25) is 0 Å². The minimum Gasteiger partial charge on any atom is -0.391 e. The number of nitrogens with zero attached hydrogens (tertiary/aromatic N) is 1. The van der Waals surface area contributed by atoms with Gasteiger partial charge in [0.15, 0.2) is 0 Å². The predicted molar refractivity (Wildman–Crippen MR) is 107 cm³/mol. The Labute approximate surface area is 173 Å². The van der Waals surface area contributed by atoms with Crippen LogP contribution in [0.3, 0.4) is 0 Å². The van der Waals surface area contributed by atoms with Gasteiger partial charge in [0.2, 0.25) is 0 Å². The second-order valence-electron chi connectivity index (χ2n) is 8.14. The number of carbonyl (C=O) groups excluding carboxylic acids is 1. The van der Waals surface area contributed by atoms with Gasteiger partial charge in [0.1, 0.15) is 0 Å². The zero-order valence-corrected chi connectivity index (χ0v) is 16.6. The number of rotatable bonds is 5. The number of halogens is 3. The summed E-state index contributed by atoms with van der Waals surface area (Å²) in [6, 6.07) is 11.3. The molecule has 2 aliphatic rings. The first-order chi connectivity index (χ1) is 14.3. The van der Waals surface area contributed by atoms with Gasteiger partial charge in [0.05, 0.1) is 11.7 Å². The molecule has 0 aliphatic carbocycles. The summed E-state index contributed by atoms with van der Waals surface area (Å²) < 4.78 is 39.5. The summed E-state index contributed by atoms with van der Waals surface area (Å²) in [5.41, 5.74) is 2.51. The number of alkyl halides is 3. The van der Waals surface area contributed by atoms with Crippen LogP contribution in [0, 0.1) is 0 Å². The maximum absolute atomic E-state index is 13.2. The molecule has 0 saturated carbocycles. The highest BCUT2D eigenvalue weighted by Gasteiger charge is 2.33. The van der Waals surface area contributed by atoms with Crippen molar-refractivity contribution in [3.63, 3.8) is 0 Å². The van der Waals surface area contributed by atoms with E-state index in [4.69, 9.17) is 0 Å². The maximum atomic E-state index is 13.2. The number of hydrogen-bond acceptors (Lipinski definition) is 3. The van der Waals surface area contributed by atoms with Crippen molar-refractivity contribution >= 4 is 5.91 Å². The Hall–Kier alpha value is -2.38. The van der Waals surface area contributed by atoms with Gasteiger partial charge in [-0.25, -0.2) is 0 Å². The van der Waals surface area contributed by atoms with Gasteiger partial charge in [-0.15, -0.1) is 0 Å². The van der Waals surface area contributed by atoms with E-state index in [-0.39, 0.29) is 17.9 Å². The third-order valence-electron chi connectivity index (χ3n) is 6.16. The summed E-state index contributed by atoms with van der Waals surface area (Å²) in [5.74, 6) is 0.332. The highest BCUT2D eigenvalue weighted by atomic mass is 19.4. The van der Waals surface area contributed by atoms with Gasteiger partial charge in [-0.3, -0.25) is 4.79 Å². The molecule has 4 nitrogen and oxygen atoms in total. The van der Waals surface area contributed by atoms with E-state index >= 15 is 0 Å². The quantitative estimate of drug-likeness (QED) is 0.778. The van der Waals surface area contributed by atoms with E-state index in [9.17, 15) is 23.1 Å². The van der Waals surface area contributed by atoms with Gasteiger partial charge in [-0.2, -0.15) is 13.2 Å². The van der Waals surface area contributed by atoms with Crippen molar-refractivity contribution in [2.24, 2.45) is 0 Å². The molecule has 1 atom stereocenters. The molecule has 0 spiro atoms. The molecule has 1 fully saturated rings. The van der Waals surface area contributed by atoms with Crippen LogP contribution >= 0.6 is 0 Å². The average Bonchev–Trinajstić information content (AvgIpc) is 3.09. The molecule has 7 heteroatoms. The number of fused-ring (bicyclic) bond motifs is 1. The number of β-amino-alcohol motifs (C(OH)–C–C–N with tert-alkyl or cyclic N) is 1. The smallest absolute Gasteiger partial charge is 0.391 e. The van der Waals surface area contributed by atoms with Gasteiger partial charge >= 0.3 is 6.18 Å². The number of piperidine rings is 1. The van der Waals surface area contributed by atoms with Crippen molar-refractivity contribution in [3.05, 3.63) is 70.3 Å². The molecule has 2 aromatic carbocycles. The van der Waals surface area contributed by atoms with Crippen LogP contribution < -0.4 is 5.32 Å². The molecule has 160 valence electrons. The minimum atomic E-state index is -4.42. The molecule has 0 radical (unpaired) electrons. The molecule has 1 unspecified atom stereocenters. The molecular weight excluding hydrogens is 393 g/mol. The Bertz CT molecular complexity index is 921. The fourth-order valence-corrected chi connectivity index (χ4v) is 4.68. The normalized spacial score (nSPS) is 18.9. The molecule has 0 aromatic heterocycles. The number of amides is 1. The monoisotopic (exact) mass is 418 g/mol. The molecule has 0 bridgehead atoms. The van der Waals surface area contributed by atoms with Gasteiger partial charge in [-0.1, -0.05) is 30.3 Å². The largest absolute Gasteiger partial charge is 0.416 e. The number of hydrogen-bond donors (Lipinski definition) is 2. The van der Waals surface area contributed by atoms with Crippen LogP contribution in [0.4, 0.5) is 13.2 Å². The van der Waals surface area contributed by atoms with Crippen molar-refractivity contribution in [2.45, 2.75) is 44.0 Å². The first-order valence-corrected chi connectivity index (χ1v) is 10.3. The number of benzene rings is 2.